The topological polar surface area (TPSA) is 64.4 Å². The number of hydrogen-bond acceptors (Lipinski definition) is 4. The number of nitrogens with zero attached hydrogens (tertiary/aromatic N) is 2. The monoisotopic (exact) mass is 278 g/mol. The highest BCUT2D eigenvalue weighted by atomic mass is 32.2. The van der Waals surface area contributed by atoms with E-state index >= 15 is 0 Å². The number of aromatic nitrogens is 2. The van der Waals surface area contributed by atoms with Gasteiger partial charge in [0.2, 0.25) is 0 Å². The second-order valence-electron chi connectivity index (χ2n) is 3.83. The standard InChI is InChI=1S/C13H14N2O3S/c1-18-11-5-3-2-4-10(11)8-15-7-6-14-13(15)19-9-12(16)17/h2-7H,8-9H2,1H3,(H,16,17). The maximum absolute atomic E-state index is 10.6. The number of thioether (sulfide) groups is 1. The summed E-state index contributed by atoms with van der Waals surface area (Å²) < 4.78 is 7.21. The van der Waals surface area contributed by atoms with Crippen molar-refractivity contribution >= 4 is 17.7 Å². The predicted molar refractivity (Wildman–Crippen MR) is 72.7 cm³/mol. The first kappa shape index (κ1) is 13.5. The molecule has 1 N–H and O–H groups in total. The fraction of sp³-hybridized carbons (Fsp3) is 0.231. The van der Waals surface area contributed by atoms with Crippen molar-refractivity contribution in [2.75, 3.05) is 12.9 Å². The minimum Gasteiger partial charge on any atom is -0.496 e. The molecule has 0 aliphatic rings. The molecular formula is C13H14N2O3S. The Labute approximate surface area is 115 Å². The minimum atomic E-state index is -0.850. The molecule has 0 bridgehead atoms. The summed E-state index contributed by atoms with van der Waals surface area (Å²) in [5.41, 5.74) is 1.03. The van der Waals surface area contributed by atoms with Crippen LogP contribution in [0.25, 0.3) is 0 Å². The number of rotatable bonds is 6. The molecule has 0 saturated carbocycles. The van der Waals surface area contributed by atoms with Crippen molar-refractivity contribution < 1.29 is 14.6 Å². The van der Waals surface area contributed by atoms with Crippen molar-refractivity contribution in [2.24, 2.45) is 0 Å². The van der Waals surface area contributed by atoms with Crippen molar-refractivity contribution in [1.82, 2.24) is 9.55 Å². The molecule has 1 aromatic heterocycles. The average Bonchev–Trinajstić information content (AvgIpc) is 2.84. The van der Waals surface area contributed by atoms with Gasteiger partial charge in [-0.2, -0.15) is 0 Å². The maximum atomic E-state index is 10.6. The van der Waals surface area contributed by atoms with E-state index in [1.807, 2.05) is 35.0 Å². The van der Waals surface area contributed by atoms with Gasteiger partial charge in [-0.05, 0) is 6.07 Å². The first-order valence-electron chi connectivity index (χ1n) is 5.68. The molecule has 0 unspecified atom stereocenters. The summed E-state index contributed by atoms with van der Waals surface area (Å²) in [5.74, 6) is -0.0367. The zero-order valence-electron chi connectivity index (χ0n) is 10.4. The third-order valence-corrected chi connectivity index (χ3v) is 3.52. The molecule has 1 aromatic carbocycles. The molecule has 1 heterocycles. The number of carboxylic acid groups (broad SMARTS) is 1. The van der Waals surface area contributed by atoms with Gasteiger partial charge >= 0.3 is 5.97 Å². The molecule has 0 amide bonds. The van der Waals surface area contributed by atoms with E-state index in [0.29, 0.717) is 11.7 Å². The fourth-order valence-corrected chi connectivity index (χ4v) is 2.38. The number of methoxy groups -OCH3 is 1. The zero-order chi connectivity index (χ0) is 13.7. The van der Waals surface area contributed by atoms with Gasteiger partial charge in [0.15, 0.2) is 5.16 Å². The molecule has 0 fully saturated rings. The summed E-state index contributed by atoms with van der Waals surface area (Å²) in [7, 11) is 1.63. The van der Waals surface area contributed by atoms with Crippen molar-refractivity contribution in [3.8, 4) is 5.75 Å². The first-order chi connectivity index (χ1) is 9.20. The number of carboxylic acids is 1. The van der Waals surface area contributed by atoms with Crippen LogP contribution in [0.5, 0.6) is 5.75 Å². The van der Waals surface area contributed by atoms with E-state index in [-0.39, 0.29) is 5.75 Å². The predicted octanol–water partition coefficient (Wildman–Crippen LogP) is 2.12. The summed E-state index contributed by atoms with van der Waals surface area (Å²) in [5, 5.41) is 9.39. The van der Waals surface area contributed by atoms with Crippen molar-refractivity contribution in [1.29, 1.82) is 0 Å². The molecule has 0 atom stereocenters. The summed E-state index contributed by atoms with van der Waals surface area (Å²) in [6.45, 7) is 0.603. The number of hydrogen-bond donors (Lipinski definition) is 1. The minimum absolute atomic E-state index is 0.00291. The Balaban J connectivity index is 2.15. The number of ether oxygens (including phenoxy) is 1. The van der Waals surface area contributed by atoms with Crippen LogP contribution in [-0.4, -0.2) is 33.5 Å². The molecule has 100 valence electrons. The molecule has 0 aliphatic heterocycles. The quantitative estimate of drug-likeness (QED) is 0.820. The lowest BCUT2D eigenvalue weighted by molar-refractivity contribution is -0.133. The Morgan fingerprint density at radius 2 is 2.26 bits per heavy atom. The molecule has 0 aliphatic carbocycles. The second-order valence-corrected chi connectivity index (χ2v) is 4.77. The third-order valence-electron chi connectivity index (χ3n) is 2.54. The number of para-hydroxylation sites is 1. The van der Waals surface area contributed by atoms with Crippen LogP contribution >= 0.6 is 11.8 Å². The highest BCUT2D eigenvalue weighted by Crippen LogP contribution is 2.22. The van der Waals surface area contributed by atoms with Crippen LogP contribution in [0.3, 0.4) is 0 Å². The van der Waals surface area contributed by atoms with E-state index in [1.165, 1.54) is 11.8 Å². The third kappa shape index (κ3) is 3.51. The van der Waals surface area contributed by atoms with Crippen molar-refractivity contribution in [2.45, 2.75) is 11.7 Å². The molecule has 6 heteroatoms. The zero-order valence-corrected chi connectivity index (χ0v) is 11.3. The highest BCUT2D eigenvalue weighted by Gasteiger charge is 2.09. The number of imidazole rings is 1. The molecule has 0 spiro atoms. The SMILES string of the molecule is COc1ccccc1Cn1ccnc1SCC(=O)O. The Kier molecular flexibility index (Phi) is 4.46. The van der Waals surface area contributed by atoms with Crippen molar-refractivity contribution in [3.05, 3.63) is 42.2 Å². The number of carbonyl (C=O) groups is 1. The molecule has 5 nitrogen and oxygen atoms in total. The largest absolute Gasteiger partial charge is 0.496 e. The van der Waals surface area contributed by atoms with E-state index in [9.17, 15) is 4.79 Å². The fourth-order valence-electron chi connectivity index (χ4n) is 1.70. The van der Waals surface area contributed by atoms with Gasteiger partial charge in [-0.25, -0.2) is 4.98 Å². The lowest BCUT2D eigenvalue weighted by atomic mass is 10.2. The van der Waals surface area contributed by atoms with Gasteiger partial charge < -0.3 is 14.4 Å². The lowest BCUT2D eigenvalue weighted by Crippen LogP contribution is -2.04. The average molecular weight is 278 g/mol. The molecule has 19 heavy (non-hydrogen) atoms. The Hall–Kier alpha value is -1.95. The first-order valence-corrected chi connectivity index (χ1v) is 6.67. The normalized spacial score (nSPS) is 10.4. The molecule has 0 saturated heterocycles. The molecule has 2 rings (SSSR count). The molecule has 2 aromatic rings. The van der Waals surface area contributed by atoms with Crippen LogP contribution in [0.1, 0.15) is 5.56 Å². The van der Waals surface area contributed by atoms with Gasteiger partial charge in [-0.1, -0.05) is 30.0 Å². The Morgan fingerprint density at radius 1 is 1.47 bits per heavy atom. The molecular weight excluding hydrogens is 264 g/mol. The highest BCUT2D eigenvalue weighted by molar-refractivity contribution is 7.99. The van der Waals surface area contributed by atoms with Gasteiger partial charge in [-0.3, -0.25) is 4.79 Å². The van der Waals surface area contributed by atoms with Gasteiger partial charge in [0.25, 0.3) is 0 Å². The summed E-state index contributed by atoms with van der Waals surface area (Å²) in [6.07, 6.45) is 3.50. The van der Waals surface area contributed by atoms with Crippen molar-refractivity contribution in [3.63, 3.8) is 0 Å². The smallest absolute Gasteiger partial charge is 0.313 e. The van der Waals surface area contributed by atoms with Crippen LogP contribution in [-0.2, 0) is 11.3 Å². The van der Waals surface area contributed by atoms with Crippen LogP contribution in [0.2, 0.25) is 0 Å². The van der Waals surface area contributed by atoms with E-state index in [1.54, 1.807) is 13.3 Å². The second kappa shape index (κ2) is 6.29. The van der Waals surface area contributed by atoms with Gasteiger partial charge in [0.1, 0.15) is 5.75 Å². The molecule has 0 radical (unpaired) electrons. The summed E-state index contributed by atoms with van der Waals surface area (Å²) in [4.78, 5) is 14.7. The van der Waals surface area contributed by atoms with Gasteiger partial charge in [-0.15, -0.1) is 0 Å². The van der Waals surface area contributed by atoms with Gasteiger partial charge in [0.05, 0.1) is 19.4 Å². The summed E-state index contributed by atoms with van der Waals surface area (Å²) in [6, 6.07) is 7.73. The van der Waals surface area contributed by atoms with Gasteiger partial charge in [0, 0.05) is 18.0 Å². The lowest BCUT2D eigenvalue weighted by Gasteiger charge is -2.10. The summed E-state index contributed by atoms with van der Waals surface area (Å²) >= 11 is 1.21. The number of benzene rings is 1. The Bertz CT molecular complexity index is 569. The Morgan fingerprint density at radius 3 is 3.00 bits per heavy atom. The van der Waals surface area contributed by atoms with Crippen LogP contribution < -0.4 is 4.74 Å². The van der Waals surface area contributed by atoms with Crippen LogP contribution in [0, 0.1) is 0 Å². The van der Waals surface area contributed by atoms with E-state index in [0.717, 1.165) is 11.3 Å². The maximum Gasteiger partial charge on any atom is 0.313 e. The van der Waals surface area contributed by atoms with Crippen LogP contribution in [0.4, 0.5) is 0 Å². The number of aliphatic carboxylic acids is 1. The van der Waals surface area contributed by atoms with E-state index in [4.69, 9.17) is 9.84 Å². The van der Waals surface area contributed by atoms with E-state index < -0.39 is 5.97 Å². The van der Waals surface area contributed by atoms with Crippen LogP contribution in [0.15, 0.2) is 41.8 Å². The van der Waals surface area contributed by atoms with E-state index in [2.05, 4.69) is 4.98 Å².